The molecule has 1 heterocycles. The molecule has 1 unspecified atom stereocenters. The summed E-state index contributed by atoms with van der Waals surface area (Å²) in [5, 5.41) is 7.22. The second-order valence-electron chi connectivity index (χ2n) is 7.32. The summed E-state index contributed by atoms with van der Waals surface area (Å²) in [5.74, 6) is -0.427. The third-order valence-corrected chi connectivity index (χ3v) is 4.17. The number of benzene rings is 1. The largest absolute Gasteiger partial charge is 0.346 e. The van der Waals surface area contributed by atoms with E-state index < -0.39 is 11.4 Å². The van der Waals surface area contributed by atoms with Crippen molar-refractivity contribution in [1.29, 1.82) is 0 Å². The summed E-state index contributed by atoms with van der Waals surface area (Å²) in [7, 11) is 0. The maximum atomic E-state index is 14.5. The van der Waals surface area contributed by atoms with E-state index in [-0.39, 0.29) is 11.5 Å². The predicted molar refractivity (Wildman–Crippen MR) is 97.4 cm³/mol. The number of hydrogen-bond donors (Lipinski definition) is 2. The minimum atomic E-state index is -0.518. The van der Waals surface area contributed by atoms with Crippen molar-refractivity contribution in [3.05, 3.63) is 47.0 Å². The summed E-state index contributed by atoms with van der Waals surface area (Å²) >= 11 is 0. The van der Waals surface area contributed by atoms with E-state index in [0.717, 1.165) is 17.8 Å². The first kappa shape index (κ1) is 19.1. The Hall–Kier alpha value is -2.21. The van der Waals surface area contributed by atoms with Crippen molar-refractivity contribution in [3.63, 3.8) is 0 Å². The van der Waals surface area contributed by atoms with Gasteiger partial charge in [-0.1, -0.05) is 13.8 Å². The van der Waals surface area contributed by atoms with E-state index in [0.29, 0.717) is 18.2 Å². The predicted octanol–water partition coefficient (Wildman–Crippen LogP) is 3.12. The molecule has 3 N–H and O–H groups in total. The first-order valence-electron chi connectivity index (χ1n) is 8.51. The monoisotopic (exact) mass is 346 g/mol. The molecule has 2 rings (SSSR count). The van der Waals surface area contributed by atoms with Crippen molar-refractivity contribution in [3.8, 4) is 5.69 Å². The van der Waals surface area contributed by atoms with E-state index in [1.54, 1.807) is 12.1 Å². The number of rotatable bonds is 6. The SMILES string of the molecule is Cc1cc(C)n(-c2ccc(C(=O)NC(C)(CN)CC(C)C)cc2F)n1. The summed E-state index contributed by atoms with van der Waals surface area (Å²) in [5.41, 5.74) is 7.55. The number of nitrogens with one attached hydrogen (secondary N) is 1. The van der Waals surface area contributed by atoms with Gasteiger partial charge >= 0.3 is 0 Å². The van der Waals surface area contributed by atoms with Gasteiger partial charge in [0, 0.05) is 23.3 Å². The highest BCUT2D eigenvalue weighted by atomic mass is 19.1. The minimum Gasteiger partial charge on any atom is -0.346 e. The van der Waals surface area contributed by atoms with Crippen LogP contribution in [0.5, 0.6) is 0 Å². The highest BCUT2D eigenvalue weighted by Crippen LogP contribution is 2.19. The molecule has 0 fully saturated rings. The lowest BCUT2D eigenvalue weighted by Gasteiger charge is -2.31. The molecule has 0 aliphatic carbocycles. The normalized spacial score (nSPS) is 13.8. The molecule has 0 saturated heterocycles. The summed E-state index contributed by atoms with van der Waals surface area (Å²) in [6, 6.07) is 6.30. The maximum Gasteiger partial charge on any atom is 0.251 e. The third kappa shape index (κ3) is 4.45. The van der Waals surface area contributed by atoms with Crippen LogP contribution in [0.15, 0.2) is 24.3 Å². The quantitative estimate of drug-likeness (QED) is 0.844. The minimum absolute atomic E-state index is 0.270. The van der Waals surface area contributed by atoms with Crippen LogP contribution >= 0.6 is 0 Å². The molecule has 5 nitrogen and oxygen atoms in total. The summed E-state index contributed by atoms with van der Waals surface area (Å²) in [6.07, 6.45) is 0.752. The van der Waals surface area contributed by atoms with Crippen LogP contribution in [0.1, 0.15) is 48.9 Å². The van der Waals surface area contributed by atoms with Crippen molar-refractivity contribution in [1.82, 2.24) is 15.1 Å². The van der Waals surface area contributed by atoms with Crippen LogP contribution in [0.25, 0.3) is 5.69 Å². The second-order valence-corrected chi connectivity index (χ2v) is 7.32. The highest BCUT2D eigenvalue weighted by Gasteiger charge is 2.26. The van der Waals surface area contributed by atoms with E-state index in [4.69, 9.17) is 5.73 Å². The van der Waals surface area contributed by atoms with Gasteiger partial charge < -0.3 is 11.1 Å². The molecule has 2 aromatic rings. The van der Waals surface area contributed by atoms with Gasteiger partial charge in [0.15, 0.2) is 0 Å². The van der Waals surface area contributed by atoms with Crippen LogP contribution in [-0.2, 0) is 0 Å². The van der Waals surface area contributed by atoms with E-state index in [2.05, 4.69) is 24.3 Å². The highest BCUT2D eigenvalue weighted by molar-refractivity contribution is 5.94. The zero-order valence-electron chi connectivity index (χ0n) is 15.6. The smallest absolute Gasteiger partial charge is 0.251 e. The van der Waals surface area contributed by atoms with Crippen LogP contribution < -0.4 is 11.1 Å². The Kier molecular flexibility index (Phi) is 5.62. The molecule has 0 saturated carbocycles. The number of carbonyl (C=O) groups is 1. The van der Waals surface area contributed by atoms with Crippen LogP contribution in [0, 0.1) is 25.6 Å². The van der Waals surface area contributed by atoms with E-state index in [9.17, 15) is 9.18 Å². The molecule has 136 valence electrons. The number of amides is 1. The van der Waals surface area contributed by atoms with Crippen molar-refractivity contribution in [2.45, 2.75) is 46.6 Å². The molecule has 0 spiro atoms. The Labute approximate surface area is 148 Å². The Morgan fingerprint density at radius 3 is 2.52 bits per heavy atom. The van der Waals surface area contributed by atoms with Crippen molar-refractivity contribution >= 4 is 5.91 Å². The van der Waals surface area contributed by atoms with Crippen LogP contribution in [0.3, 0.4) is 0 Å². The molecule has 6 heteroatoms. The molecule has 1 aromatic heterocycles. The first-order chi connectivity index (χ1) is 11.6. The van der Waals surface area contributed by atoms with E-state index >= 15 is 0 Å². The maximum absolute atomic E-state index is 14.5. The molecule has 1 aromatic carbocycles. The average Bonchev–Trinajstić information content (AvgIpc) is 2.84. The van der Waals surface area contributed by atoms with Gasteiger partial charge in [-0.05, 0) is 57.4 Å². The number of carbonyl (C=O) groups excluding carboxylic acids is 1. The van der Waals surface area contributed by atoms with Crippen LogP contribution in [-0.4, -0.2) is 27.8 Å². The summed E-state index contributed by atoms with van der Waals surface area (Å²) < 4.78 is 16.1. The molecule has 0 bridgehead atoms. The Morgan fingerprint density at radius 1 is 1.36 bits per heavy atom. The van der Waals surface area contributed by atoms with Gasteiger partial charge in [-0.25, -0.2) is 9.07 Å². The van der Waals surface area contributed by atoms with Crippen LogP contribution in [0.4, 0.5) is 4.39 Å². The Balaban J connectivity index is 2.25. The molecule has 0 aliphatic rings. The zero-order valence-corrected chi connectivity index (χ0v) is 15.6. The number of nitrogens with two attached hydrogens (primary N) is 1. The fourth-order valence-electron chi connectivity index (χ4n) is 3.13. The lowest BCUT2D eigenvalue weighted by Crippen LogP contribution is -2.52. The van der Waals surface area contributed by atoms with Gasteiger partial charge in [0.2, 0.25) is 0 Å². The van der Waals surface area contributed by atoms with Crippen molar-refractivity contribution < 1.29 is 9.18 Å². The Bertz CT molecular complexity index is 769. The number of nitrogens with zero attached hydrogens (tertiary/aromatic N) is 2. The van der Waals surface area contributed by atoms with E-state index in [1.807, 2.05) is 26.8 Å². The molecular formula is C19H27FN4O. The molecule has 0 aliphatic heterocycles. The number of aromatic nitrogens is 2. The lowest BCUT2D eigenvalue weighted by atomic mass is 9.90. The molecule has 0 radical (unpaired) electrons. The number of hydrogen-bond acceptors (Lipinski definition) is 3. The summed E-state index contributed by atoms with van der Waals surface area (Å²) in [4.78, 5) is 12.5. The molecule has 1 atom stereocenters. The molecule has 1 amide bonds. The number of halogens is 1. The first-order valence-corrected chi connectivity index (χ1v) is 8.51. The van der Waals surface area contributed by atoms with Gasteiger partial charge in [0.05, 0.1) is 5.69 Å². The fraction of sp³-hybridized carbons (Fsp3) is 0.474. The van der Waals surface area contributed by atoms with Gasteiger partial charge in [0.25, 0.3) is 5.91 Å². The summed E-state index contributed by atoms with van der Waals surface area (Å²) in [6.45, 7) is 10.1. The van der Waals surface area contributed by atoms with Gasteiger partial charge in [0.1, 0.15) is 11.5 Å². The molecule has 25 heavy (non-hydrogen) atoms. The topological polar surface area (TPSA) is 72.9 Å². The molecular weight excluding hydrogens is 319 g/mol. The Morgan fingerprint density at radius 2 is 2.04 bits per heavy atom. The van der Waals surface area contributed by atoms with Crippen LogP contribution in [0.2, 0.25) is 0 Å². The van der Waals surface area contributed by atoms with Gasteiger partial charge in [-0.3, -0.25) is 4.79 Å². The fourth-order valence-corrected chi connectivity index (χ4v) is 3.13. The van der Waals surface area contributed by atoms with E-state index in [1.165, 1.54) is 10.7 Å². The lowest BCUT2D eigenvalue weighted by molar-refractivity contribution is 0.0898. The second kappa shape index (κ2) is 7.35. The zero-order chi connectivity index (χ0) is 18.8. The van der Waals surface area contributed by atoms with Gasteiger partial charge in [-0.15, -0.1) is 0 Å². The third-order valence-electron chi connectivity index (χ3n) is 4.17. The van der Waals surface area contributed by atoms with Gasteiger partial charge in [-0.2, -0.15) is 5.10 Å². The average molecular weight is 346 g/mol. The van der Waals surface area contributed by atoms with Crippen molar-refractivity contribution in [2.75, 3.05) is 6.54 Å². The standard InChI is InChI=1S/C19H27FN4O/c1-12(2)10-19(5,11-21)22-18(25)15-6-7-17(16(20)9-15)24-14(4)8-13(3)23-24/h6-9,12H,10-11,21H2,1-5H3,(H,22,25). The van der Waals surface area contributed by atoms with Crippen molar-refractivity contribution in [2.24, 2.45) is 11.7 Å². The number of aryl methyl sites for hydroxylation is 2.